The summed E-state index contributed by atoms with van der Waals surface area (Å²) >= 11 is 0. The Morgan fingerprint density at radius 3 is 2.57 bits per heavy atom. The van der Waals surface area contributed by atoms with E-state index in [-0.39, 0.29) is 11.5 Å². The highest BCUT2D eigenvalue weighted by Crippen LogP contribution is 2.17. The van der Waals surface area contributed by atoms with Crippen LogP contribution in [0.3, 0.4) is 0 Å². The summed E-state index contributed by atoms with van der Waals surface area (Å²) in [6.07, 6.45) is 1.49. The van der Waals surface area contributed by atoms with Crippen LogP contribution in [0.4, 0.5) is 0 Å². The largest absolute Gasteiger partial charge is 0.468 e. The third-order valence-corrected chi connectivity index (χ3v) is 4.33. The number of aliphatic hydroxyl groups is 1. The number of nitrogens with one attached hydrogen (secondary N) is 1. The molecule has 5 nitrogen and oxygen atoms in total. The molecule has 1 aromatic heterocycles. The van der Waals surface area contributed by atoms with Crippen LogP contribution in [0.15, 0.2) is 52.0 Å². The highest BCUT2D eigenvalue weighted by Gasteiger charge is 2.19. The summed E-state index contributed by atoms with van der Waals surface area (Å²) < 4.78 is 32.2. The lowest BCUT2D eigenvalue weighted by molar-refractivity contribution is 0.350. The van der Waals surface area contributed by atoms with E-state index in [2.05, 4.69) is 16.6 Å². The lowest BCUT2D eigenvalue weighted by Gasteiger charge is -2.12. The molecule has 110 valence electrons. The summed E-state index contributed by atoms with van der Waals surface area (Å²) in [6.45, 7) is 1.47. The number of hydrogen-bond donors (Lipinski definition) is 2. The Labute approximate surface area is 123 Å². The Hall–Kier alpha value is -2.07. The zero-order valence-corrected chi connectivity index (χ0v) is 12.2. The molecule has 0 saturated carbocycles. The van der Waals surface area contributed by atoms with Gasteiger partial charge in [0.15, 0.2) is 0 Å². The third kappa shape index (κ3) is 3.95. The second-order valence-electron chi connectivity index (χ2n) is 4.34. The summed E-state index contributed by atoms with van der Waals surface area (Å²) in [4.78, 5) is 0.149. The molecule has 0 amide bonds. The minimum atomic E-state index is -3.63. The van der Waals surface area contributed by atoms with E-state index in [0.717, 1.165) is 0 Å². The maximum absolute atomic E-state index is 12.2. The number of rotatable bonds is 4. The number of aliphatic hydroxyl groups excluding tert-OH is 1. The SMILES string of the molecule is CC(NS(=O)(=O)c1ccc(C#CCO)cc1)c1ccco1. The molecule has 0 aliphatic heterocycles. The Bertz CT molecular complexity index is 737. The predicted octanol–water partition coefficient (Wildman–Crippen LogP) is 1.66. The molecule has 21 heavy (non-hydrogen) atoms. The fourth-order valence-electron chi connectivity index (χ4n) is 1.76. The van der Waals surface area contributed by atoms with E-state index in [0.29, 0.717) is 11.3 Å². The Kier molecular flexibility index (Phi) is 4.81. The molecule has 0 bridgehead atoms. The second-order valence-corrected chi connectivity index (χ2v) is 6.06. The van der Waals surface area contributed by atoms with Crippen molar-refractivity contribution in [2.75, 3.05) is 6.61 Å². The van der Waals surface area contributed by atoms with E-state index in [4.69, 9.17) is 9.52 Å². The van der Waals surface area contributed by atoms with Crippen LogP contribution in [0, 0.1) is 11.8 Å². The minimum Gasteiger partial charge on any atom is -0.468 e. The van der Waals surface area contributed by atoms with E-state index in [1.54, 1.807) is 31.2 Å². The lowest BCUT2D eigenvalue weighted by atomic mass is 10.2. The average Bonchev–Trinajstić information content (AvgIpc) is 2.99. The molecule has 2 rings (SSSR count). The highest BCUT2D eigenvalue weighted by atomic mass is 32.2. The molecule has 0 saturated heterocycles. The fraction of sp³-hybridized carbons (Fsp3) is 0.200. The third-order valence-electron chi connectivity index (χ3n) is 2.78. The van der Waals surface area contributed by atoms with Crippen LogP contribution < -0.4 is 4.72 Å². The zero-order valence-electron chi connectivity index (χ0n) is 11.4. The van der Waals surface area contributed by atoms with E-state index in [1.165, 1.54) is 18.4 Å². The molecule has 0 fully saturated rings. The molecule has 1 atom stereocenters. The molecule has 1 aromatic carbocycles. The molecule has 0 radical (unpaired) electrons. The normalized spacial score (nSPS) is 12.5. The van der Waals surface area contributed by atoms with Gasteiger partial charge >= 0.3 is 0 Å². The number of furan rings is 1. The molecule has 0 aliphatic rings. The molecule has 2 aromatic rings. The smallest absolute Gasteiger partial charge is 0.241 e. The van der Waals surface area contributed by atoms with E-state index >= 15 is 0 Å². The van der Waals surface area contributed by atoms with Crippen LogP contribution in [0.25, 0.3) is 0 Å². The Morgan fingerprint density at radius 1 is 1.29 bits per heavy atom. The molecule has 1 heterocycles. The maximum atomic E-state index is 12.2. The van der Waals surface area contributed by atoms with Crippen molar-refractivity contribution in [2.24, 2.45) is 0 Å². The first kappa shape index (κ1) is 15.3. The minimum absolute atomic E-state index is 0.149. The molecule has 0 aliphatic carbocycles. The Morgan fingerprint density at radius 2 is 2.00 bits per heavy atom. The van der Waals surface area contributed by atoms with E-state index in [1.807, 2.05) is 0 Å². The van der Waals surface area contributed by atoms with Crippen LogP contribution in [0.5, 0.6) is 0 Å². The van der Waals surface area contributed by atoms with Crippen LogP contribution >= 0.6 is 0 Å². The van der Waals surface area contributed by atoms with Crippen molar-refractivity contribution in [3.05, 3.63) is 54.0 Å². The quantitative estimate of drug-likeness (QED) is 0.842. The van der Waals surface area contributed by atoms with E-state index in [9.17, 15) is 8.42 Å². The van der Waals surface area contributed by atoms with Crippen molar-refractivity contribution in [3.63, 3.8) is 0 Å². The van der Waals surface area contributed by atoms with Gasteiger partial charge < -0.3 is 9.52 Å². The van der Waals surface area contributed by atoms with Gasteiger partial charge in [-0.25, -0.2) is 13.1 Å². The van der Waals surface area contributed by atoms with Gasteiger partial charge in [0.1, 0.15) is 12.4 Å². The van der Waals surface area contributed by atoms with Gasteiger partial charge in [-0.1, -0.05) is 11.8 Å². The Balaban J connectivity index is 2.16. The molecule has 2 N–H and O–H groups in total. The highest BCUT2D eigenvalue weighted by molar-refractivity contribution is 7.89. The molecule has 6 heteroatoms. The first-order valence-electron chi connectivity index (χ1n) is 6.28. The number of sulfonamides is 1. The summed E-state index contributed by atoms with van der Waals surface area (Å²) in [7, 11) is -3.63. The van der Waals surface area contributed by atoms with Gasteiger partial charge in [-0.3, -0.25) is 0 Å². The predicted molar refractivity (Wildman–Crippen MR) is 77.9 cm³/mol. The summed E-state index contributed by atoms with van der Waals surface area (Å²) in [6, 6.07) is 9.08. The van der Waals surface area contributed by atoms with Crippen LogP contribution in [-0.2, 0) is 10.0 Å². The molecule has 1 unspecified atom stereocenters. The first-order valence-corrected chi connectivity index (χ1v) is 7.77. The van der Waals surface area contributed by atoms with Crippen molar-refractivity contribution in [2.45, 2.75) is 17.9 Å². The van der Waals surface area contributed by atoms with Gasteiger partial charge in [0.2, 0.25) is 10.0 Å². The monoisotopic (exact) mass is 305 g/mol. The van der Waals surface area contributed by atoms with Gasteiger partial charge in [-0.05, 0) is 43.3 Å². The van der Waals surface area contributed by atoms with Gasteiger partial charge in [0.05, 0.1) is 17.2 Å². The summed E-state index contributed by atoms with van der Waals surface area (Å²) in [5.74, 6) is 5.75. The second kappa shape index (κ2) is 6.59. The van der Waals surface area contributed by atoms with Crippen LogP contribution in [0.2, 0.25) is 0 Å². The van der Waals surface area contributed by atoms with Crippen molar-refractivity contribution < 1.29 is 17.9 Å². The maximum Gasteiger partial charge on any atom is 0.241 e. The van der Waals surface area contributed by atoms with Gasteiger partial charge in [-0.2, -0.15) is 0 Å². The van der Waals surface area contributed by atoms with Crippen molar-refractivity contribution >= 4 is 10.0 Å². The molecular weight excluding hydrogens is 290 g/mol. The van der Waals surface area contributed by atoms with Crippen molar-refractivity contribution in [3.8, 4) is 11.8 Å². The standard InChI is InChI=1S/C15H15NO4S/c1-12(15-5-3-11-20-15)16-21(18,19)14-8-6-13(7-9-14)4-2-10-17/h3,5-9,11-12,16-17H,10H2,1H3. The van der Waals surface area contributed by atoms with Gasteiger partial charge in [0.25, 0.3) is 0 Å². The summed E-state index contributed by atoms with van der Waals surface area (Å²) in [5.41, 5.74) is 0.641. The van der Waals surface area contributed by atoms with Crippen LogP contribution in [-0.4, -0.2) is 20.1 Å². The van der Waals surface area contributed by atoms with Crippen LogP contribution in [0.1, 0.15) is 24.3 Å². The first-order chi connectivity index (χ1) is 10.0. The summed E-state index contributed by atoms with van der Waals surface area (Å²) in [5, 5.41) is 8.61. The van der Waals surface area contributed by atoms with Gasteiger partial charge in [-0.15, -0.1) is 0 Å². The molecule has 0 spiro atoms. The molecular formula is C15H15NO4S. The zero-order chi connectivity index (χ0) is 15.3. The van der Waals surface area contributed by atoms with Crippen molar-refractivity contribution in [1.29, 1.82) is 0 Å². The fourth-order valence-corrected chi connectivity index (χ4v) is 2.97. The topological polar surface area (TPSA) is 79.5 Å². The number of benzene rings is 1. The van der Waals surface area contributed by atoms with Crippen molar-refractivity contribution in [1.82, 2.24) is 4.72 Å². The van der Waals surface area contributed by atoms with E-state index < -0.39 is 16.1 Å². The average molecular weight is 305 g/mol. The number of hydrogen-bond acceptors (Lipinski definition) is 4. The lowest BCUT2D eigenvalue weighted by Crippen LogP contribution is -2.26. The van der Waals surface area contributed by atoms with Gasteiger partial charge in [0, 0.05) is 5.56 Å².